The van der Waals surface area contributed by atoms with Crippen molar-refractivity contribution in [3.8, 4) is 11.5 Å². The van der Waals surface area contributed by atoms with E-state index < -0.39 is 10.0 Å². The fourth-order valence-corrected chi connectivity index (χ4v) is 3.37. The van der Waals surface area contributed by atoms with E-state index in [-0.39, 0.29) is 17.5 Å². The van der Waals surface area contributed by atoms with E-state index in [0.29, 0.717) is 17.3 Å². The van der Waals surface area contributed by atoms with Gasteiger partial charge in [0.05, 0.1) is 4.90 Å². The summed E-state index contributed by atoms with van der Waals surface area (Å²) in [6, 6.07) is 17.0. The Morgan fingerprint density at radius 1 is 0.846 bits per heavy atom. The van der Waals surface area contributed by atoms with Crippen molar-refractivity contribution in [3.05, 3.63) is 60.7 Å². The third-order valence-corrected chi connectivity index (χ3v) is 4.96. The van der Waals surface area contributed by atoms with Crippen molar-refractivity contribution >= 4 is 27.3 Å². The molecule has 132 valence electrons. The van der Waals surface area contributed by atoms with E-state index in [1.807, 2.05) is 30.3 Å². The molecule has 1 aliphatic heterocycles. The highest BCUT2D eigenvalue weighted by Crippen LogP contribution is 2.34. The van der Waals surface area contributed by atoms with Crippen LogP contribution < -0.4 is 19.5 Å². The summed E-state index contributed by atoms with van der Waals surface area (Å²) in [5.41, 5.74) is 0.857. The quantitative estimate of drug-likeness (QED) is 0.712. The van der Waals surface area contributed by atoms with Crippen LogP contribution in [0.1, 0.15) is 0 Å². The smallest absolute Gasteiger partial charge is 0.263 e. The lowest BCUT2D eigenvalue weighted by molar-refractivity contribution is 0.174. The van der Waals surface area contributed by atoms with Crippen LogP contribution in [0.15, 0.2) is 65.6 Å². The summed E-state index contributed by atoms with van der Waals surface area (Å²) in [7, 11) is -3.82. The zero-order chi connectivity index (χ0) is 18.0. The molecule has 0 radical (unpaired) electrons. The van der Waals surface area contributed by atoms with Gasteiger partial charge in [0.1, 0.15) is 0 Å². The fourth-order valence-electron chi connectivity index (χ4n) is 2.36. The Morgan fingerprint density at radius 2 is 1.58 bits per heavy atom. The highest BCUT2D eigenvalue weighted by molar-refractivity contribution is 7.92. The van der Waals surface area contributed by atoms with Gasteiger partial charge < -0.3 is 14.8 Å². The molecule has 0 amide bonds. The van der Waals surface area contributed by atoms with Crippen LogP contribution in [-0.4, -0.2) is 25.4 Å². The van der Waals surface area contributed by atoms with Crippen LogP contribution in [0.25, 0.3) is 0 Å². The van der Waals surface area contributed by atoms with Gasteiger partial charge in [-0.1, -0.05) is 18.2 Å². The van der Waals surface area contributed by atoms with Gasteiger partial charge in [0, 0.05) is 11.8 Å². The van der Waals surface area contributed by atoms with Crippen LogP contribution in [0.5, 0.6) is 11.5 Å². The van der Waals surface area contributed by atoms with E-state index >= 15 is 0 Å². The summed E-state index contributed by atoms with van der Waals surface area (Å²) in [6.07, 6.45) is 0. The van der Waals surface area contributed by atoms with Crippen molar-refractivity contribution in [1.29, 1.82) is 0 Å². The van der Waals surface area contributed by atoms with Gasteiger partial charge >= 0.3 is 0 Å². The van der Waals surface area contributed by atoms with E-state index in [1.165, 1.54) is 18.2 Å². The van der Waals surface area contributed by atoms with E-state index in [9.17, 15) is 8.42 Å². The summed E-state index contributed by atoms with van der Waals surface area (Å²) in [5, 5.41) is 10.9. The Kier molecular flexibility index (Phi) is 4.05. The Morgan fingerprint density at radius 3 is 2.35 bits per heavy atom. The average Bonchev–Trinajstić information content (AvgIpc) is 3.12. The number of rotatable bonds is 5. The average molecular weight is 370 g/mol. The van der Waals surface area contributed by atoms with Gasteiger partial charge in [-0.25, -0.2) is 8.42 Å². The number of hydrogen-bond acceptors (Lipinski definition) is 7. The molecule has 3 aromatic rings. The molecule has 2 aromatic carbocycles. The molecular weight excluding hydrogens is 356 g/mol. The van der Waals surface area contributed by atoms with E-state index in [2.05, 4.69) is 20.2 Å². The third kappa shape index (κ3) is 3.38. The number of para-hydroxylation sites is 1. The predicted octanol–water partition coefficient (Wildman–Crippen LogP) is 2.75. The molecule has 0 unspecified atom stereocenters. The maximum absolute atomic E-state index is 12.5. The van der Waals surface area contributed by atoms with E-state index in [0.717, 1.165) is 5.69 Å². The minimum absolute atomic E-state index is 0.0510. The monoisotopic (exact) mass is 370 g/mol. The van der Waals surface area contributed by atoms with Gasteiger partial charge in [0.25, 0.3) is 10.0 Å². The van der Waals surface area contributed by atoms with Crippen molar-refractivity contribution in [2.75, 3.05) is 16.8 Å². The number of nitrogens with one attached hydrogen (secondary N) is 2. The topological polar surface area (TPSA) is 102 Å². The molecular formula is C17H14N4O4S. The molecule has 4 rings (SSSR count). The molecule has 2 N–H and O–H groups in total. The molecule has 0 saturated heterocycles. The number of fused-ring (bicyclic) bond motifs is 1. The van der Waals surface area contributed by atoms with Crippen LogP contribution in [-0.2, 0) is 10.0 Å². The summed E-state index contributed by atoms with van der Waals surface area (Å²) in [6.45, 7) is 0.0770. The highest BCUT2D eigenvalue weighted by Gasteiger charge is 2.20. The van der Waals surface area contributed by atoms with Gasteiger partial charge in [-0.2, -0.15) is 0 Å². The van der Waals surface area contributed by atoms with Crippen molar-refractivity contribution in [3.63, 3.8) is 0 Å². The van der Waals surface area contributed by atoms with Crippen LogP contribution in [0.4, 0.5) is 17.3 Å². The second kappa shape index (κ2) is 6.52. The summed E-state index contributed by atoms with van der Waals surface area (Å²) >= 11 is 0. The van der Waals surface area contributed by atoms with Crippen molar-refractivity contribution in [2.24, 2.45) is 0 Å². The first-order valence-electron chi connectivity index (χ1n) is 7.68. The van der Waals surface area contributed by atoms with Gasteiger partial charge in [0.2, 0.25) is 6.79 Å². The third-order valence-electron chi connectivity index (χ3n) is 3.60. The Hall–Kier alpha value is -3.33. The summed E-state index contributed by atoms with van der Waals surface area (Å²) in [5.74, 6) is 1.52. The van der Waals surface area contributed by atoms with Crippen LogP contribution in [0.3, 0.4) is 0 Å². The molecule has 2 heterocycles. The molecule has 0 aliphatic carbocycles. The Balaban J connectivity index is 1.49. The highest BCUT2D eigenvalue weighted by atomic mass is 32.2. The Labute approximate surface area is 149 Å². The molecule has 0 atom stereocenters. The SMILES string of the molecule is O=S(=O)(Nc1ccc(Nc2ccccc2)nn1)c1ccc2c(c1)OCO2. The standard InChI is InChI=1S/C17H14N4O4S/c22-26(23,13-6-7-14-15(10-13)25-11-24-14)21-17-9-8-16(19-20-17)18-12-4-2-1-3-5-12/h1-10H,11H2,(H,18,19)(H,20,21). The molecule has 0 fully saturated rings. The molecule has 0 spiro atoms. The largest absolute Gasteiger partial charge is 0.454 e. The molecule has 1 aliphatic rings. The van der Waals surface area contributed by atoms with Crippen LogP contribution in [0, 0.1) is 0 Å². The molecule has 1 aromatic heterocycles. The van der Waals surface area contributed by atoms with Gasteiger partial charge in [-0.3, -0.25) is 4.72 Å². The zero-order valence-electron chi connectivity index (χ0n) is 13.4. The summed E-state index contributed by atoms with van der Waals surface area (Å²) < 4.78 is 37.8. The maximum Gasteiger partial charge on any atom is 0.263 e. The molecule has 0 bridgehead atoms. The van der Waals surface area contributed by atoms with E-state index in [1.54, 1.807) is 12.1 Å². The first-order valence-corrected chi connectivity index (χ1v) is 9.17. The Bertz CT molecular complexity index is 1020. The van der Waals surface area contributed by atoms with Gasteiger partial charge in [-0.15, -0.1) is 10.2 Å². The fraction of sp³-hybridized carbons (Fsp3) is 0.0588. The second-order valence-electron chi connectivity index (χ2n) is 5.42. The number of ether oxygens (including phenoxy) is 2. The van der Waals surface area contributed by atoms with Crippen molar-refractivity contribution in [2.45, 2.75) is 4.90 Å². The first kappa shape index (κ1) is 16.2. The number of sulfonamides is 1. The lowest BCUT2D eigenvalue weighted by atomic mass is 10.3. The number of hydrogen-bond donors (Lipinski definition) is 2. The lowest BCUT2D eigenvalue weighted by Crippen LogP contribution is -2.14. The number of benzene rings is 2. The second-order valence-corrected chi connectivity index (χ2v) is 7.10. The van der Waals surface area contributed by atoms with Gasteiger partial charge in [-0.05, 0) is 36.4 Å². The lowest BCUT2D eigenvalue weighted by Gasteiger charge is -2.09. The van der Waals surface area contributed by atoms with Crippen molar-refractivity contribution in [1.82, 2.24) is 10.2 Å². The normalized spacial score (nSPS) is 12.6. The maximum atomic E-state index is 12.5. The minimum Gasteiger partial charge on any atom is -0.454 e. The molecule has 8 nitrogen and oxygen atoms in total. The van der Waals surface area contributed by atoms with Crippen LogP contribution in [0.2, 0.25) is 0 Å². The first-order chi connectivity index (χ1) is 12.6. The molecule has 9 heteroatoms. The number of aromatic nitrogens is 2. The molecule has 26 heavy (non-hydrogen) atoms. The number of anilines is 3. The van der Waals surface area contributed by atoms with Crippen LogP contribution >= 0.6 is 0 Å². The van der Waals surface area contributed by atoms with E-state index in [4.69, 9.17) is 9.47 Å². The zero-order valence-corrected chi connectivity index (χ0v) is 14.2. The summed E-state index contributed by atoms with van der Waals surface area (Å²) in [4.78, 5) is 0.0510. The van der Waals surface area contributed by atoms with Crippen molar-refractivity contribution < 1.29 is 17.9 Å². The van der Waals surface area contributed by atoms with Gasteiger partial charge in [0.15, 0.2) is 23.1 Å². The predicted molar refractivity (Wildman–Crippen MR) is 95.1 cm³/mol. The minimum atomic E-state index is -3.82. The molecule has 0 saturated carbocycles. The number of nitrogens with zero attached hydrogens (tertiary/aromatic N) is 2.